The van der Waals surface area contributed by atoms with Crippen LogP contribution in [-0.2, 0) is 14.3 Å². The van der Waals surface area contributed by atoms with Gasteiger partial charge < -0.3 is 14.8 Å². The van der Waals surface area contributed by atoms with Crippen molar-refractivity contribution in [2.24, 2.45) is 5.92 Å². The monoisotopic (exact) mass is 483 g/mol. The number of esters is 1. The molecule has 0 saturated carbocycles. The lowest BCUT2D eigenvalue weighted by Gasteiger charge is -2.39. The second kappa shape index (κ2) is 11.8. The highest BCUT2D eigenvalue weighted by atomic mass is 16.5. The fourth-order valence-electron chi connectivity index (χ4n) is 5.09. The summed E-state index contributed by atoms with van der Waals surface area (Å²) in [7, 11) is 0. The number of amides is 1. The highest BCUT2D eigenvalue weighted by Crippen LogP contribution is 2.23. The number of para-hydroxylation sites is 1. The molecular formula is C26H37N5O4. The van der Waals surface area contributed by atoms with E-state index in [1.54, 1.807) is 11.6 Å². The van der Waals surface area contributed by atoms with Crippen molar-refractivity contribution in [3.8, 4) is 5.69 Å². The fourth-order valence-corrected chi connectivity index (χ4v) is 5.09. The van der Waals surface area contributed by atoms with E-state index in [1.165, 1.54) is 6.20 Å². The summed E-state index contributed by atoms with van der Waals surface area (Å²) in [6, 6.07) is 9.42. The number of aromatic nitrogens is 2. The lowest BCUT2D eigenvalue weighted by Crippen LogP contribution is -2.48. The lowest BCUT2D eigenvalue weighted by atomic mass is 9.95. The van der Waals surface area contributed by atoms with Crippen LogP contribution in [0.25, 0.3) is 5.69 Å². The summed E-state index contributed by atoms with van der Waals surface area (Å²) in [4.78, 5) is 30.2. The van der Waals surface area contributed by atoms with E-state index in [0.717, 1.165) is 51.3 Å². The Morgan fingerprint density at radius 3 is 2.43 bits per heavy atom. The number of carbonyl (C=O) groups excluding carboxylic acids is 2. The van der Waals surface area contributed by atoms with Gasteiger partial charge in [-0.15, -0.1) is 0 Å². The zero-order valence-corrected chi connectivity index (χ0v) is 21.0. The molecule has 2 fully saturated rings. The molecule has 1 N–H and O–H groups in total. The average Bonchev–Trinajstić information content (AvgIpc) is 3.24. The van der Waals surface area contributed by atoms with Gasteiger partial charge in [0.2, 0.25) is 5.91 Å². The molecule has 2 aliphatic heterocycles. The van der Waals surface area contributed by atoms with E-state index in [0.29, 0.717) is 11.7 Å². The van der Waals surface area contributed by atoms with E-state index in [1.807, 2.05) is 30.3 Å². The number of carbonyl (C=O) groups is 2. The van der Waals surface area contributed by atoms with Crippen molar-refractivity contribution in [1.29, 1.82) is 0 Å². The highest BCUT2D eigenvalue weighted by molar-refractivity contribution is 6.01. The number of benzene rings is 1. The second-order valence-corrected chi connectivity index (χ2v) is 9.62. The third kappa shape index (κ3) is 6.68. The molecule has 35 heavy (non-hydrogen) atoms. The molecule has 2 aromatic rings. The Morgan fingerprint density at radius 2 is 1.77 bits per heavy atom. The topological polar surface area (TPSA) is 88.9 Å². The van der Waals surface area contributed by atoms with Crippen LogP contribution >= 0.6 is 0 Å². The van der Waals surface area contributed by atoms with E-state index in [9.17, 15) is 9.59 Å². The van der Waals surface area contributed by atoms with Crippen LogP contribution in [0.15, 0.2) is 36.5 Å². The SMILES string of the molecule is CCOC(=O)c1cnn(-c2ccccc2)c1NC(=O)CN1CCC(CN2CC(C)OC(C)C2)CC1. The molecule has 2 aliphatic rings. The molecule has 2 saturated heterocycles. The third-order valence-corrected chi connectivity index (χ3v) is 6.61. The van der Waals surface area contributed by atoms with Gasteiger partial charge in [0, 0.05) is 19.6 Å². The first-order chi connectivity index (χ1) is 16.9. The fraction of sp³-hybridized carbons (Fsp3) is 0.577. The Morgan fingerprint density at radius 1 is 1.09 bits per heavy atom. The van der Waals surface area contributed by atoms with Crippen molar-refractivity contribution in [3.05, 3.63) is 42.1 Å². The van der Waals surface area contributed by atoms with E-state index in [-0.39, 0.29) is 36.8 Å². The predicted molar refractivity (Wildman–Crippen MR) is 134 cm³/mol. The maximum Gasteiger partial charge on any atom is 0.343 e. The zero-order valence-electron chi connectivity index (χ0n) is 21.0. The molecule has 1 aromatic carbocycles. The molecule has 0 radical (unpaired) electrons. The van der Waals surface area contributed by atoms with Gasteiger partial charge in [-0.05, 0) is 64.8 Å². The van der Waals surface area contributed by atoms with Crippen molar-refractivity contribution in [1.82, 2.24) is 19.6 Å². The summed E-state index contributed by atoms with van der Waals surface area (Å²) in [5, 5.41) is 7.27. The van der Waals surface area contributed by atoms with Crippen LogP contribution in [0.4, 0.5) is 5.82 Å². The first kappa shape index (κ1) is 25.3. The number of hydrogen-bond donors (Lipinski definition) is 1. The quantitative estimate of drug-likeness (QED) is 0.578. The largest absolute Gasteiger partial charge is 0.462 e. The van der Waals surface area contributed by atoms with Gasteiger partial charge in [-0.3, -0.25) is 14.6 Å². The molecule has 9 heteroatoms. The molecule has 4 rings (SSSR count). The Bertz CT molecular complexity index is 977. The maximum atomic E-state index is 13.0. The first-order valence-corrected chi connectivity index (χ1v) is 12.6. The smallest absolute Gasteiger partial charge is 0.343 e. The summed E-state index contributed by atoms with van der Waals surface area (Å²) in [6.07, 6.45) is 4.16. The Balaban J connectivity index is 1.34. The number of nitrogens with one attached hydrogen (secondary N) is 1. The standard InChI is InChI=1S/C26H37N5O4/c1-4-34-26(33)23-14-27-31(22-8-6-5-7-9-22)25(23)28-24(32)18-29-12-10-21(11-13-29)17-30-15-19(2)35-20(3)16-30/h5-9,14,19-21H,4,10-13,15-18H2,1-3H3,(H,28,32). The summed E-state index contributed by atoms with van der Waals surface area (Å²) < 4.78 is 12.6. The van der Waals surface area contributed by atoms with Crippen LogP contribution < -0.4 is 5.32 Å². The van der Waals surface area contributed by atoms with Crippen LogP contribution in [0.2, 0.25) is 0 Å². The number of rotatable bonds is 8. The third-order valence-electron chi connectivity index (χ3n) is 6.61. The van der Waals surface area contributed by atoms with E-state index in [2.05, 4.69) is 34.1 Å². The minimum atomic E-state index is -0.502. The molecule has 9 nitrogen and oxygen atoms in total. The molecule has 3 heterocycles. The van der Waals surface area contributed by atoms with Gasteiger partial charge in [-0.2, -0.15) is 5.10 Å². The number of anilines is 1. The highest BCUT2D eigenvalue weighted by Gasteiger charge is 2.28. The molecular weight excluding hydrogens is 446 g/mol. The van der Waals surface area contributed by atoms with Gasteiger partial charge >= 0.3 is 5.97 Å². The average molecular weight is 484 g/mol. The normalized spacial score (nSPS) is 22.1. The van der Waals surface area contributed by atoms with Crippen molar-refractivity contribution < 1.29 is 19.1 Å². The first-order valence-electron chi connectivity index (χ1n) is 12.6. The summed E-state index contributed by atoms with van der Waals surface area (Å²) in [5.74, 6) is 0.312. The van der Waals surface area contributed by atoms with Crippen LogP contribution in [0.3, 0.4) is 0 Å². The molecule has 0 bridgehead atoms. The van der Waals surface area contributed by atoms with Gasteiger partial charge in [0.1, 0.15) is 5.56 Å². The van der Waals surface area contributed by atoms with Crippen molar-refractivity contribution in [2.45, 2.75) is 45.8 Å². The summed E-state index contributed by atoms with van der Waals surface area (Å²) >= 11 is 0. The molecule has 1 amide bonds. The second-order valence-electron chi connectivity index (χ2n) is 9.62. The molecule has 0 spiro atoms. The van der Waals surface area contributed by atoms with Gasteiger partial charge in [0.05, 0.1) is 37.2 Å². The summed E-state index contributed by atoms with van der Waals surface area (Å²) in [5.41, 5.74) is 1.00. The van der Waals surface area contributed by atoms with Crippen molar-refractivity contribution in [3.63, 3.8) is 0 Å². The van der Waals surface area contributed by atoms with E-state index in [4.69, 9.17) is 9.47 Å². The zero-order chi connectivity index (χ0) is 24.8. The van der Waals surface area contributed by atoms with Gasteiger partial charge in [0.25, 0.3) is 0 Å². The molecule has 2 unspecified atom stereocenters. The van der Waals surface area contributed by atoms with Crippen LogP contribution in [0.5, 0.6) is 0 Å². The maximum absolute atomic E-state index is 13.0. The van der Waals surface area contributed by atoms with Gasteiger partial charge in [0.15, 0.2) is 5.82 Å². The molecule has 190 valence electrons. The number of piperidine rings is 1. The molecule has 0 aliphatic carbocycles. The number of ether oxygens (including phenoxy) is 2. The number of hydrogen-bond acceptors (Lipinski definition) is 7. The van der Waals surface area contributed by atoms with E-state index >= 15 is 0 Å². The number of morpholine rings is 1. The molecule has 1 aromatic heterocycles. The van der Waals surface area contributed by atoms with Crippen molar-refractivity contribution in [2.75, 3.05) is 51.2 Å². The molecule has 2 atom stereocenters. The van der Waals surface area contributed by atoms with Crippen LogP contribution in [-0.4, -0.2) is 89.5 Å². The van der Waals surface area contributed by atoms with Crippen molar-refractivity contribution >= 4 is 17.7 Å². The lowest BCUT2D eigenvalue weighted by molar-refractivity contribution is -0.117. The van der Waals surface area contributed by atoms with E-state index < -0.39 is 5.97 Å². The Hall–Kier alpha value is -2.75. The van der Waals surface area contributed by atoms with Crippen LogP contribution in [0.1, 0.15) is 44.0 Å². The predicted octanol–water partition coefficient (Wildman–Crippen LogP) is 2.81. The minimum absolute atomic E-state index is 0.164. The van der Waals surface area contributed by atoms with Gasteiger partial charge in [-0.1, -0.05) is 18.2 Å². The van der Waals surface area contributed by atoms with Crippen LogP contribution in [0, 0.1) is 5.92 Å². The Kier molecular flexibility index (Phi) is 8.54. The number of nitrogens with zero attached hydrogens (tertiary/aromatic N) is 4. The Labute approximate surface area is 207 Å². The summed E-state index contributed by atoms with van der Waals surface area (Å²) in [6.45, 7) is 11.4. The minimum Gasteiger partial charge on any atom is -0.462 e. The van der Waals surface area contributed by atoms with Gasteiger partial charge in [-0.25, -0.2) is 9.48 Å². The number of likely N-dealkylation sites (tertiary alicyclic amines) is 1.